The van der Waals surface area contributed by atoms with Crippen LogP contribution in [0.2, 0.25) is 0 Å². The fourth-order valence-corrected chi connectivity index (χ4v) is 3.40. The number of amides is 2. The lowest BCUT2D eigenvalue weighted by Gasteiger charge is -2.39. The summed E-state index contributed by atoms with van der Waals surface area (Å²) >= 11 is 0. The van der Waals surface area contributed by atoms with Gasteiger partial charge in [-0.2, -0.15) is 0 Å². The molecule has 0 spiro atoms. The van der Waals surface area contributed by atoms with Gasteiger partial charge in [0.2, 0.25) is 11.8 Å². The van der Waals surface area contributed by atoms with E-state index < -0.39 is 6.04 Å². The maximum Gasteiger partial charge on any atom is 0.249 e. The van der Waals surface area contributed by atoms with Crippen LogP contribution in [0.15, 0.2) is 54.6 Å². The van der Waals surface area contributed by atoms with E-state index in [1.165, 1.54) is 0 Å². The van der Waals surface area contributed by atoms with E-state index in [0.717, 1.165) is 23.2 Å². The van der Waals surface area contributed by atoms with Gasteiger partial charge < -0.3 is 9.80 Å². The van der Waals surface area contributed by atoms with Crippen molar-refractivity contribution in [2.75, 3.05) is 18.0 Å². The number of hydrogen-bond acceptors (Lipinski definition) is 2. The van der Waals surface area contributed by atoms with Gasteiger partial charge in [-0.15, -0.1) is 0 Å². The third-order valence-corrected chi connectivity index (χ3v) is 4.84. The molecule has 0 saturated carbocycles. The predicted molar refractivity (Wildman–Crippen MR) is 99.5 cm³/mol. The quantitative estimate of drug-likeness (QED) is 0.861. The van der Waals surface area contributed by atoms with Crippen LogP contribution in [0.1, 0.15) is 25.0 Å². The summed E-state index contributed by atoms with van der Waals surface area (Å²) in [5.41, 5.74) is 3.11. The molecule has 0 radical (unpaired) electrons. The topological polar surface area (TPSA) is 40.6 Å². The van der Waals surface area contributed by atoms with Crippen LogP contribution < -0.4 is 4.90 Å². The number of anilines is 1. The Morgan fingerprint density at radius 3 is 2.44 bits per heavy atom. The predicted octanol–water partition coefficient (Wildman–Crippen LogP) is 3.06. The van der Waals surface area contributed by atoms with E-state index in [1.807, 2.05) is 60.4 Å². The highest BCUT2D eigenvalue weighted by Gasteiger charge is 2.35. The molecule has 1 aliphatic heterocycles. The molecule has 4 heteroatoms. The highest BCUT2D eigenvalue weighted by Crippen LogP contribution is 2.25. The lowest BCUT2D eigenvalue weighted by Crippen LogP contribution is -2.58. The van der Waals surface area contributed by atoms with Gasteiger partial charge in [-0.1, -0.05) is 55.5 Å². The summed E-state index contributed by atoms with van der Waals surface area (Å²) in [6.45, 7) is 5.02. The Kier molecular flexibility index (Phi) is 5.17. The fraction of sp³-hybridized carbons (Fsp3) is 0.333. The van der Waals surface area contributed by atoms with Gasteiger partial charge in [-0.05, 0) is 30.5 Å². The molecule has 2 aromatic rings. The van der Waals surface area contributed by atoms with Crippen LogP contribution >= 0.6 is 0 Å². The van der Waals surface area contributed by atoms with Gasteiger partial charge in [0, 0.05) is 18.8 Å². The van der Waals surface area contributed by atoms with Crippen LogP contribution in [-0.2, 0) is 22.4 Å². The number of para-hydroxylation sites is 1. The first-order valence-corrected chi connectivity index (χ1v) is 8.84. The Bertz CT molecular complexity index is 758. The number of hydrogen-bond donors (Lipinski definition) is 0. The number of carbonyl (C=O) groups excluding carboxylic acids is 2. The summed E-state index contributed by atoms with van der Waals surface area (Å²) in [6, 6.07) is 17.2. The minimum atomic E-state index is -0.435. The molecule has 1 aliphatic rings. The molecule has 0 N–H and O–H groups in total. The number of rotatable bonds is 4. The maximum atomic E-state index is 12.9. The molecule has 130 valence electrons. The van der Waals surface area contributed by atoms with E-state index in [9.17, 15) is 9.59 Å². The standard InChI is InChI=1S/C21H24N2O2/c1-3-18-11-7-8-12-19(18)23-14-13-22(16(2)21(23)25)20(24)15-17-9-5-4-6-10-17/h4-12,16H,3,13-15H2,1-2H3/t16-/m1/s1. The summed E-state index contributed by atoms with van der Waals surface area (Å²) in [6.07, 6.45) is 1.22. The third-order valence-electron chi connectivity index (χ3n) is 4.84. The summed E-state index contributed by atoms with van der Waals surface area (Å²) in [5.74, 6) is 0.00374. The SMILES string of the molecule is CCc1ccccc1N1CCN(C(=O)Cc2ccccc2)[C@H](C)C1=O. The van der Waals surface area contributed by atoms with E-state index in [2.05, 4.69) is 13.0 Å². The van der Waals surface area contributed by atoms with Crippen LogP contribution in [0.5, 0.6) is 0 Å². The lowest BCUT2D eigenvalue weighted by atomic mass is 10.1. The second-order valence-corrected chi connectivity index (χ2v) is 6.40. The van der Waals surface area contributed by atoms with Crippen molar-refractivity contribution >= 4 is 17.5 Å². The molecular formula is C21H24N2O2. The van der Waals surface area contributed by atoms with Gasteiger partial charge >= 0.3 is 0 Å². The normalized spacial score (nSPS) is 17.7. The molecule has 4 nitrogen and oxygen atoms in total. The third kappa shape index (κ3) is 3.58. The number of carbonyl (C=O) groups is 2. The zero-order valence-electron chi connectivity index (χ0n) is 14.8. The number of nitrogens with zero attached hydrogens (tertiary/aromatic N) is 2. The van der Waals surface area contributed by atoms with Crippen molar-refractivity contribution in [3.8, 4) is 0 Å². The molecule has 2 amide bonds. The van der Waals surface area contributed by atoms with Gasteiger partial charge in [0.1, 0.15) is 6.04 Å². The van der Waals surface area contributed by atoms with Crippen molar-refractivity contribution in [3.63, 3.8) is 0 Å². The first-order valence-electron chi connectivity index (χ1n) is 8.84. The first-order chi connectivity index (χ1) is 12.1. The molecule has 1 atom stereocenters. The van der Waals surface area contributed by atoms with Crippen LogP contribution in [0.25, 0.3) is 0 Å². The smallest absolute Gasteiger partial charge is 0.249 e. The van der Waals surface area contributed by atoms with E-state index in [0.29, 0.717) is 19.5 Å². The fourth-order valence-electron chi connectivity index (χ4n) is 3.40. The van der Waals surface area contributed by atoms with E-state index in [-0.39, 0.29) is 11.8 Å². The summed E-state index contributed by atoms with van der Waals surface area (Å²) in [4.78, 5) is 29.1. The minimum absolute atomic E-state index is 0.00596. The van der Waals surface area contributed by atoms with Crippen molar-refractivity contribution in [2.45, 2.75) is 32.7 Å². The van der Waals surface area contributed by atoms with Crippen LogP contribution in [-0.4, -0.2) is 35.8 Å². The second kappa shape index (κ2) is 7.51. The Morgan fingerprint density at radius 1 is 1.04 bits per heavy atom. The number of benzene rings is 2. The van der Waals surface area contributed by atoms with Gasteiger partial charge in [0.25, 0.3) is 0 Å². The van der Waals surface area contributed by atoms with Crippen LogP contribution in [0.3, 0.4) is 0 Å². The zero-order chi connectivity index (χ0) is 17.8. The Balaban J connectivity index is 1.74. The van der Waals surface area contributed by atoms with Crippen LogP contribution in [0.4, 0.5) is 5.69 Å². The van der Waals surface area contributed by atoms with Crippen LogP contribution in [0, 0.1) is 0 Å². The summed E-state index contributed by atoms with van der Waals surface area (Å²) in [5, 5.41) is 0. The first kappa shape index (κ1) is 17.2. The lowest BCUT2D eigenvalue weighted by molar-refractivity contribution is -0.140. The molecule has 0 bridgehead atoms. The number of aryl methyl sites for hydroxylation is 1. The molecule has 0 aromatic heterocycles. The average Bonchev–Trinajstić information content (AvgIpc) is 2.64. The Labute approximate surface area is 149 Å². The molecule has 0 unspecified atom stereocenters. The summed E-state index contributed by atoms with van der Waals surface area (Å²) < 4.78 is 0. The van der Waals surface area contributed by atoms with E-state index in [4.69, 9.17) is 0 Å². The van der Waals surface area contributed by atoms with Crippen molar-refractivity contribution in [2.24, 2.45) is 0 Å². The summed E-state index contributed by atoms with van der Waals surface area (Å²) in [7, 11) is 0. The molecule has 25 heavy (non-hydrogen) atoms. The van der Waals surface area contributed by atoms with Gasteiger partial charge in [-0.3, -0.25) is 9.59 Å². The van der Waals surface area contributed by atoms with Gasteiger partial charge in [-0.25, -0.2) is 0 Å². The second-order valence-electron chi connectivity index (χ2n) is 6.40. The van der Waals surface area contributed by atoms with Crippen molar-refractivity contribution in [3.05, 3.63) is 65.7 Å². The van der Waals surface area contributed by atoms with Crippen molar-refractivity contribution in [1.29, 1.82) is 0 Å². The molecule has 3 rings (SSSR count). The Hall–Kier alpha value is -2.62. The monoisotopic (exact) mass is 336 g/mol. The van der Waals surface area contributed by atoms with Gasteiger partial charge in [0.15, 0.2) is 0 Å². The van der Waals surface area contributed by atoms with Crippen molar-refractivity contribution < 1.29 is 9.59 Å². The van der Waals surface area contributed by atoms with Gasteiger partial charge in [0.05, 0.1) is 6.42 Å². The maximum absolute atomic E-state index is 12.9. The van der Waals surface area contributed by atoms with E-state index in [1.54, 1.807) is 4.90 Å². The highest BCUT2D eigenvalue weighted by atomic mass is 16.2. The van der Waals surface area contributed by atoms with E-state index >= 15 is 0 Å². The molecule has 0 aliphatic carbocycles. The minimum Gasteiger partial charge on any atom is -0.329 e. The molecule has 1 fully saturated rings. The van der Waals surface area contributed by atoms with Crippen molar-refractivity contribution in [1.82, 2.24) is 4.90 Å². The molecule has 1 saturated heterocycles. The molecular weight excluding hydrogens is 312 g/mol. The number of piperazine rings is 1. The molecule has 1 heterocycles. The highest BCUT2D eigenvalue weighted by molar-refractivity contribution is 6.00. The molecule has 2 aromatic carbocycles. The Morgan fingerprint density at radius 2 is 1.72 bits per heavy atom. The zero-order valence-corrected chi connectivity index (χ0v) is 14.8. The average molecular weight is 336 g/mol. The largest absolute Gasteiger partial charge is 0.329 e.